The fourth-order valence-electron chi connectivity index (χ4n) is 1.38. The van der Waals surface area contributed by atoms with E-state index in [9.17, 15) is 4.79 Å². The number of para-hydroxylation sites is 2. The third kappa shape index (κ3) is 1.37. The summed E-state index contributed by atoms with van der Waals surface area (Å²) in [7, 11) is 0. The van der Waals surface area contributed by atoms with Gasteiger partial charge in [0.1, 0.15) is 5.75 Å². The van der Waals surface area contributed by atoms with Crippen molar-refractivity contribution in [3.63, 3.8) is 0 Å². The van der Waals surface area contributed by atoms with Crippen molar-refractivity contribution in [1.82, 2.24) is 0 Å². The van der Waals surface area contributed by atoms with E-state index in [1.54, 1.807) is 18.4 Å². The summed E-state index contributed by atoms with van der Waals surface area (Å²) >= 11 is 0. The molecule has 0 N–H and O–H groups in total. The number of hydrogen-bond acceptors (Lipinski definition) is 2. The van der Waals surface area contributed by atoms with Crippen LogP contribution in [0.5, 0.6) is 5.75 Å². The molecule has 0 aliphatic carbocycles. The standard InChI is InChI=1S/C10H10NO2/c1-8(12)11-6-7-13-10-5-3-2-4-9(10)11/h2-5,7H,6H2,1H3. The molecule has 1 heterocycles. The molecule has 1 aliphatic heterocycles. The van der Waals surface area contributed by atoms with Crippen molar-refractivity contribution in [3.8, 4) is 5.75 Å². The van der Waals surface area contributed by atoms with E-state index in [0.717, 1.165) is 11.4 Å². The molecule has 0 bridgehead atoms. The normalized spacial score (nSPS) is 14.7. The highest BCUT2D eigenvalue weighted by Crippen LogP contribution is 2.31. The molecule has 1 aromatic carbocycles. The fourth-order valence-corrected chi connectivity index (χ4v) is 1.38. The first-order valence-electron chi connectivity index (χ1n) is 4.14. The molecule has 13 heavy (non-hydrogen) atoms. The third-order valence-electron chi connectivity index (χ3n) is 2.00. The summed E-state index contributed by atoms with van der Waals surface area (Å²) < 4.78 is 5.28. The number of ether oxygens (including phenoxy) is 1. The lowest BCUT2D eigenvalue weighted by atomic mass is 10.2. The van der Waals surface area contributed by atoms with E-state index in [4.69, 9.17) is 4.74 Å². The van der Waals surface area contributed by atoms with Gasteiger partial charge in [-0.15, -0.1) is 0 Å². The maximum atomic E-state index is 11.2. The molecule has 2 rings (SSSR count). The summed E-state index contributed by atoms with van der Waals surface area (Å²) in [6.07, 6.45) is 0. The summed E-state index contributed by atoms with van der Waals surface area (Å²) in [5, 5.41) is 0. The molecule has 0 atom stereocenters. The molecule has 1 aromatic rings. The topological polar surface area (TPSA) is 29.5 Å². The minimum Gasteiger partial charge on any atom is -0.482 e. The largest absolute Gasteiger partial charge is 0.482 e. The Kier molecular flexibility index (Phi) is 1.93. The van der Waals surface area contributed by atoms with Gasteiger partial charge in [-0.3, -0.25) is 4.79 Å². The number of nitrogens with zero attached hydrogens (tertiary/aromatic N) is 1. The molecule has 67 valence electrons. The van der Waals surface area contributed by atoms with E-state index in [0.29, 0.717) is 6.54 Å². The van der Waals surface area contributed by atoms with Crippen LogP contribution in [-0.4, -0.2) is 12.5 Å². The van der Waals surface area contributed by atoms with Crippen LogP contribution >= 0.6 is 0 Å². The van der Waals surface area contributed by atoms with Crippen molar-refractivity contribution in [2.75, 3.05) is 11.4 Å². The van der Waals surface area contributed by atoms with E-state index in [2.05, 4.69) is 0 Å². The zero-order valence-corrected chi connectivity index (χ0v) is 7.36. The summed E-state index contributed by atoms with van der Waals surface area (Å²) in [4.78, 5) is 12.9. The molecule has 3 nitrogen and oxygen atoms in total. The molecule has 0 fully saturated rings. The van der Waals surface area contributed by atoms with Crippen molar-refractivity contribution in [2.45, 2.75) is 6.92 Å². The first-order valence-corrected chi connectivity index (χ1v) is 4.14. The van der Waals surface area contributed by atoms with Gasteiger partial charge in [0.2, 0.25) is 5.91 Å². The fraction of sp³-hybridized carbons (Fsp3) is 0.200. The summed E-state index contributed by atoms with van der Waals surface area (Å²) in [6, 6.07) is 7.50. The predicted octanol–water partition coefficient (Wildman–Crippen LogP) is 1.59. The molecule has 0 unspecified atom stereocenters. The third-order valence-corrected chi connectivity index (χ3v) is 2.00. The van der Waals surface area contributed by atoms with Crippen LogP contribution in [0, 0.1) is 6.61 Å². The van der Waals surface area contributed by atoms with Crippen molar-refractivity contribution < 1.29 is 9.53 Å². The highest BCUT2D eigenvalue weighted by Gasteiger charge is 2.20. The van der Waals surface area contributed by atoms with E-state index in [1.807, 2.05) is 24.3 Å². The predicted molar refractivity (Wildman–Crippen MR) is 49.4 cm³/mol. The monoisotopic (exact) mass is 176 g/mol. The molecule has 0 aromatic heterocycles. The molecule has 3 heteroatoms. The summed E-state index contributed by atoms with van der Waals surface area (Å²) in [6.45, 7) is 3.70. The lowest BCUT2D eigenvalue weighted by molar-refractivity contribution is -0.116. The lowest BCUT2D eigenvalue weighted by Gasteiger charge is -2.27. The first-order chi connectivity index (χ1) is 6.29. The average Bonchev–Trinajstić information content (AvgIpc) is 2.17. The minimum absolute atomic E-state index is 0.0343. The van der Waals surface area contributed by atoms with Gasteiger partial charge in [0.15, 0.2) is 6.61 Å². The van der Waals surface area contributed by atoms with Gasteiger partial charge in [0.05, 0.1) is 12.2 Å². The Balaban J connectivity index is 2.42. The quantitative estimate of drug-likeness (QED) is 0.600. The molecular formula is C10H10NO2. The van der Waals surface area contributed by atoms with Crippen LogP contribution in [-0.2, 0) is 4.79 Å². The molecule has 0 saturated carbocycles. The first kappa shape index (κ1) is 8.10. The maximum Gasteiger partial charge on any atom is 0.224 e. The Morgan fingerprint density at radius 3 is 3.00 bits per heavy atom. The summed E-state index contributed by atoms with van der Waals surface area (Å²) in [5.74, 6) is 0.774. The van der Waals surface area contributed by atoms with E-state index >= 15 is 0 Å². The van der Waals surface area contributed by atoms with Gasteiger partial charge in [-0.25, -0.2) is 0 Å². The van der Waals surface area contributed by atoms with E-state index in [1.165, 1.54) is 0 Å². The maximum absolute atomic E-state index is 11.2. The number of carbonyl (C=O) groups is 1. The number of carbonyl (C=O) groups excluding carboxylic acids is 1. The van der Waals surface area contributed by atoms with Gasteiger partial charge in [-0.2, -0.15) is 0 Å². The zero-order chi connectivity index (χ0) is 9.26. The SMILES string of the molecule is CC(=O)N1C[CH]Oc2ccccc21. The number of fused-ring (bicyclic) bond motifs is 1. The number of benzene rings is 1. The van der Waals surface area contributed by atoms with Crippen LogP contribution in [0.25, 0.3) is 0 Å². The Labute approximate surface area is 76.9 Å². The molecular weight excluding hydrogens is 166 g/mol. The van der Waals surface area contributed by atoms with Crippen LogP contribution in [0.15, 0.2) is 24.3 Å². The molecule has 0 spiro atoms. The number of anilines is 1. The van der Waals surface area contributed by atoms with Crippen LogP contribution in [0.3, 0.4) is 0 Å². The van der Waals surface area contributed by atoms with Crippen molar-refractivity contribution in [2.24, 2.45) is 0 Å². The smallest absolute Gasteiger partial charge is 0.224 e. The Morgan fingerprint density at radius 2 is 2.23 bits per heavy atom. The molecule has 1 radical (unpaired) electrons. The Morgan fingerprint density at radius 1 is 1.46 bits per heavy atom. The van der Waals surface area contributed by atoms with Crippen LogP contribution in [0.1, 0.15) is 6.92 Å². The van der Waals surface area contributed by atoms with Gasteiger partial charge in [0.25, 0.3) is 0 Å². The molecule has 1 aliphatic rings. The van der Waals surface area contributed by atoms with Gasteiger partial charge >= 0.3 is 0 Å². The second-order valence-corrected chi connectivity index (χ2v) is 2.88. The van der Waals surface area contributed by atoms with Crippen LogP contribution < -0.4 is 9.64 Å². The van der Waals surface area contributed by atoms with Crippen LogP contribution in [0.4, 0.5) is 5.69 Å². The lowest BCUT2D eigenvalue weighted by Crippen LogP contribution is -2.33. The van der Waals surface area contributed by atoms with Gasteiger partial charge in [0, 0.05) is 6.92 Å². The van der Waals surface area contributed by atoms with E-state index < -0.39 is 0 Å². The Bertz CT molecular complexity index is 335. The van der Waals surface area contributed by atoms with Crippen molar-refractivity contribution in [1.29, 1.82) is 0 Å². The summed E-state index contributed by atoms with van der Waals surface area (Å²) in [5.41, 5.74) is 0.845. The highest BCUT2D eigenvalue weighted by molar-refractivity contribution is 5.93. The average molecular weight is 176 g/mol. The van der Waals surface area contributed by atoms with Gasteiger partial charge in [-0.05, 0) is 12.1 Å². The second-order valence-electron chi connectivity index (χ2n) is 2.88. The van der Waals surface area contributed by atoms with Crippen molar-refractivity contribution >= 4 is 11.6 Å². The second kappa shape index (κ2) is 3.09. The molecule has 0 saturated heterocycles. The molecule has 1 amide bonds. The minimum atomic E-state index is 0.0343. The number of amides is 1. The zero-order valence-electron chi connectivity index (χ0n) is 7.36. The van der Waals surface area contributed by atoms with E-state index in [-0.39, 0.29) is 5.91 Å². The number of hydrogen-bond donors (Lipinski definition) is 0. The highest BCUT2D eigenvalue weighted by atomic mass is 16.5. The van der Waals surface area contributed by atoms with Crippen LogP contribution in [0.2, 0.25) is 0 Å². The van der Waals surface area contributed by atoms with Gasteiger partial charge < -0.3 is 9.64 Å². The number of rotatable bonds is 0. The van der Waals surface area contributed by atoms with Gasteiger partial charge in [-0.1, -0.05) is 12.1 Å². The Hall–Kier alpha value is -1.51. The van der Waals surface area contributed by atoms with Crippen molar-refractivity contribution in [3.05, 3.63) is 30.9 Å².